The van der Waals surface area contributed by atoms with Gasteiger partial charge >= 0.3 is 0 Å². The third-order valence-corrected chi connectivity index (χ3v) is 7.05. The minimum atomic E-state index is -0.733. The van der Waals surface area contributed by atoms with Gasteiger partial charge in [-0.2, -0.15) is 0 Å². The first-order valence-electron chi connectivity index (χ1n) is 13.4. The van der Waals surface area contributed by atoms with Crippen LogP contribution in [-0.2, 0) is 21.6 Å². The van der Waals surface area contributed by atoms with E-state index in [2.05, 4.69) is 20.8 Å². The molecule has 1 unspecified atom stereocenters. The zero-order chi connectivity index (χ0) is 29.0. The minimum absolute atomic E-state index is 0.0757. The number of methoxy groups -OCH3 is 1. The number of likely N-dealkylation sites (N-methyl/N-ethyl adjacent to an activating group) is 1. The van der Waals surface area contributed by atoms with Crippen LogP contribution in [0, 0.1) is 0 Å². The fraction of sp³-hybridized carbons (Fsp3) is 0.333. The van der Waals surface area contributed by atoms with Crippen LogP contribution in [0.1, 0.15) is 49.1 Å². The molecule has 0 aromatic heterocycles. The monoisotopic (exact) mass is 542 g/mol. The highest BCUT2D eigenvalue weighted by atomic mass is 16.5. The van der Waals surface area contributed by atoms with Crippen LogP contribution in [0.25, 0.3) is 5.76 Å². The maximum atomic E-state index is 13.4. The highest BCUT2D eigenvalue weighted by Crippen LogP contribution is 2.41. The number of carbonyl (C=O) groups excluding carboxylic acids is 2. The van der Waals surface area contributed by atoms with Crippen molar-refractivity contribution in [2.45, 2.75) is 38.8 Å². The van der Waals surface area contributed by atoms with Crippen molar-refractivity contribution in [2.75, 3.05) is 34.3 Å². The lowest BCUT2D eigenvalue weighted by atomic mass is 9.84. The van der Waals surface area contributed by atoms with Gasteiger partial charge < -0.3 is 24.4 Å². The van der Waals surface area contributed by atoms with Crippen LogP contribution in [0.2, 0.25) is 0 Å². The average molecular weight is 543 g/mol. The van der Waals surface area contributed by atoms with Crippen molar-refractivity contribution in [2.24, 2.45) is 0 Å². The Morgan fingerprint density at radius 1 is 0.975 bits per heavy atom. The molecule has 40 heavy (non-hydrogen) atoms. The number of aliphatic hydroxyl groups is 1. The molecule has 3 aromatic rings. The van der Waals surface area contributed by atoms with Crippen LogP contribution in [0.5, 0.6) is 11.5 Å². The number of hydrogen-bond acceptors (Lipinski definition) is 6. The number of ether oxygens (including phenoxy) is 2. The predicted octanol–water partition coefficient (Wildman–Crippen LogP) is 5.56. The van der Waals surface area contributed by atoms with E-state index < -0.39 is 17.7 Å². The number of likely N-dealkylation sites (tertiary alicyclic amines) is 1. The highest BCUT2D eigenvalue weighted by molar-refractivity contribution is 6.46. The molecule has 0 spiro atoms. The van der Waals surface area contributed by atoms with E-state index in [1.54, 1.807) is 24.1 Å². The fourth-order valence-electron chi connectivity index (χ4n) is 4.85. The lowest BCUT2D eigenvalue weighted by molar-refractivity contribution is -0.140. The van der Waals surface area contributed by atoms with E-state index in [9.17, 15) is 14.7 Å². The number of carbonyl (C=O) groups is 2. The van der Waals surface area contributed by atoms with Crippen LogP contribution >= 0.6 is 0 Å². The largest absolute Gasteiger partial charge is 0.507 e. The van der Waals surface area contributed by atoms with Crippen LogP contribution < -0.4 is 9.47 Å². The molecule has 1 fully saturated rings. The number of rotatable bonds is 9. The molecule has 1 N–H and O–H groups in total. The first-order valence-corrected chi connectivity index (χ1v) is 13.4. The number of aliphatic hydroxyl groups excluding tert-OH is 1. The smallest absolute Gasteiger partial charge is 0.295 e. The summed E-state index contributed by atoms with van der Waals surface area (Å²) in [5, 5.41) is 11.6. The van der Waals surface area contributed by atoms with Gasteiger partial charge in [-0.15, -0.1) is 0 Å². The first kappa shape index (κ1) is 28.9. The molecule has 1 saturated heterocycles. The topological polar surface area (TPSA) is 79.3 Å². The zero-order valence-electron chi connectivity index (χ0n) is 24.1. The summed E-state index contributed by atoms with van der Waals surface area (Å²) >= 11 is 0. The van der Waals surface area contributed by atoms with Crippen molar-refractivity contribution in [3.63, 3.8) is 0 Å². The van der Waals surface area contributed by atoms with Gasteiger partial charge in [-0.05, 0) is 61.0 Å². The van der Waals surface area contributed by atoms with Crippen molar-refractivity contribution in [1.29, 1.82) is 0 Å². The Balaban J connectivity index is 1.74. The average Bonchev–Trinajstić information content (AvgIpc) is 3.19. The van der Waals surface area contributed by atoms with Crippen molar-refractivity contribution >= 4 is 17.4 Å². The van der Waals surface area contributed by atoms with E-state index in [1.165, 1.54) is 0 Å². The molecule has 1 atom stereocenters. The molecule has 7 heteroatoms. The van der Waals surface area contributed by atoms with Crippen LogP contribution in [0.4, 0.5) is 0 Å². The van der Waals surface area contributed by atoms with Crippen molar-refractivity contribution in [1.82, 2.24) is 9.80 Å². The number of ketones is 1. The highest BCUT2D eigenvalue weighted by Gasteiger charge is 2.46. The van der Waals surface area contributed by atoms with E-state index in [0.717, 1.165) is 16.7 Å². The minimum Gasteiger partial charge on any atom is -0.507 e. The number of Topliss-reactive ketones (excluding diaryl/α,β-unsaturated/α-hetero) is 1. The van der Waals surface area contributed by atoms with Gasteiger partial charge in [0.25, 0.3) is 11.7 Å². The molecule has 0 aliphatic carbocycles. The molecule has 0 radical (unpaired) electrons. The molecule has 1 aliphatic heterocycles. The Morgan fingerprint density at radius 3 is 2.25 bits per heavy atom. The normalized spacial score (nSPS) is 17.0. The van der Waals surface area contributed by atoms with Gasteiger partial charge in [0, 0.05) is 24.2 Å². The molecule has 1 amide bonds. The van der Waals surface area contributed by atoms with Crippen molar-refractivity contribution in [3.05, 3.63) is 101 Å². The van der Waals surface area contributed by atoms with Gasteiger partial charge in [-0.1, -0.05) is 63.2 Å². The summed E-state index contributed by atoms with van der Waals surface area (Å²) in [6, 6.07) is 21.8. The summed E-state index contributed by atoms with van der Waals surface area (Å²) in [6.07, 6.45) is 0. The fourth-order valence-corrected chi connectivity index (χ4v) is 4.85. The Morgan fingerprint density at radius 2 is 1.65 bits per heavy atom. The van der Waals surface area contributed by atoms with E-state index in [-0.39, 0.29) is 16.7 Å². The predicted molar refractivity (Wildman–Crippen MR) is 156 cm³/mol. The molecule has 1 heterocycles. The van der Waals surface area contributed by atoms with Crippen molar-refractivity contribution < 1.29 is 24.2 Å². The van der Waals surface area contributed by atoms with Gasteiger partial charge in [0.1, 0.15) is 23.9 Å². The van der Waals surface area contributed by atoms with Gasteiger partial charge in [-0.25, -0.2) is 0 Å². The number of amides is 1. The number of benzene rings is 3. The molecule has 0 saturated carbocycles. The molecular formula is C33H38N2O5. The summed E-state index contributed by atoms with van der Waals surface area (Å²) in [6.45, 7) is 7.48. The maximum absolute atomic E-state index is 13.4. The van der Waals surface area contributed by atoms with E-state index in [1.807, 2.05) is 79.7 Å². The lowest BCUT2D eigenvalue weighted by Crippen LogP contribution is -2.35. The SMILES string of the molecule is COc1ccc(/C(O)=C2/C(=O)C(=O)N(CCN(C)C)C2c2ccc(OCc3ccccc3)cc2)cc1C(C)(C)C. The molecule has 3 aromatic carbocycles. The molecule has 0 bridgehead atoms. The Kier molecular flexibility index (Phi) is 8.64. The summed E-state index contributed by atoms with van der Waals surface area (Å²) in [7, 11) is 5.43. The summed E-state index contributed by atoms with van der Waals surface area (Å²) in [4.78, 5) is 30.2. The third kappa shape index (κ3) is 6.20. The van der Waals surface area contributed by atoms with Gasteiger partial charge in [-0.3, -0.25) is 9.59 Å². The number of hydrogen-bond donors (Lipinski definition) is 1. The summed E-state index contributed by atoms with van der Waals surface area (Å²) in [5.41, 5.74) is 2.93. The van der Waals surface area contributed by atoms with E-state index in [0.29, 0.717) is 36.8 Å². The Labute approximate surface area is 236 Å². The summed E-state index contributed by atoms with van der Waals surface area (Å²) in [5.74, 6) is -0.157. The molecule has 210 valence electrons. The second-order valence-corrected chi connectivity index (χ2v) is 11.3. The van der Waals surface area contributed by atoms with Crippen LogP contribution in [0.3, 0.4) is 0 Å². The van der Waals surface area contributed by atoms with Crippen LogP contribution in [0.15, 0.2) is 78.4 Å². The van der Waals surface area contributed by atoms with Gasteiger partial charge in [0.05, 0.1) is 18.7 Å². The third-order valence-electron chi connectivity index (χ3n) is 7.05. The Bertz CT molecular complexity index is 1390. The molecular weight excluding hydrogens is 504 g/mol. The van der Waals surface area contributed by atoms with Crippen molar-refractivity contribution in [3.8, 4) is 11.5 Å². The van der Waals surface area contributed by atoms with E-state index in [4.69, 9.17) is 9.47 Å². The number of nitrogens with zero attached hydrogens (tertiary/aromatic N) is 2. The zero-order valence-corrected chi connectivity index (χ0v) is 24.1. The second-order valence-electron chi connectivity index (χ2n) is 11.3. The Hall–Kier alpha value is -4.10. The standard InChI is InChI=1S/C33H38N2O5/c1-33(2,3)26-20-24(14-17-27(26)39-6)30(36)28-29(35(19-18-34(4)5)32(38)31(28)37)23-12-15-25(16-13-23)40-21-22-10-8-7-9-11-22/h7-17,20,29,36H,18-19,21H2,1-6H3/b30-28-. The van der Waals surface area contributed by atoms with Crippen LogP contribution in [-0.4, -0.2) is 60.9 Å². The molecule has 4 rings (SSSR count). The molecule has 1 aliphatic rings. The first-order chi connectivity index (χ1) is 19.0. The van der Waals surface area contributed by atoms with Gasteiger partial charge in [0.2, 0.25) is 0 Å². The molecule has 7 nitrogen and oxygen atoms in total. The quantitative estimate of drug-likeness (QED) is 0.217. The summed E-state index contributed by atoms with van der Waals surface area (Å²) < 4.78 is 11.5. The van der Waals surface area contributed by atoms with E-state index >= 15 is 0 Å². The lowest BCUT2D eigenvalue weighted by Gasteiger charge is -2.27. The van der Waals surface area contributed by atoms with Gasteiger partial charge in [0.15, 0.2) is 0 Å². The second kappa shape index (κ2) is 12.0. The maximum Gasteiger partial charge on any atom is 0.295 e.